The van der Waals surface area contributed by atoms with Crippen molar-refractivity contribution in [2.24, 2.45) is 5.41 Å². The minimum absolute atomic E-state index is 0.0382. The van der Waals surface area contributed by atoms with Gasteiger partial charge in [-0.25, -0.2) is 0 Å². The molecule has 0 bridgehead atoms. The molecule has 0 amide bonds. The Morgan fingerprint density at radius 1 is 1.35 bits per heavy atom. The Morgan fingerprint density at radius 2 is 2.00 bits per heavy atom. The molecule has 17 heavy (non-hydrogen) atoms. The molecule has 0 spiro atoms. The highest BCUT2D eigenvalue weighted by atomic mass is 79.9. The third-order valence-electron chi connectivity index (χ3n) is 2.94. The third kappa shape index (κ3) is 4.99. The minimum Gasteiger partial charge on any atom is -0.393 e. The average molecular weight is 320 g/mol. The van der Waals surface area contributed by atoms with E-state index in [0.717, 1.165) is 34.3 Å². The van der Waals surface area contributed by atoms with Crippen LogP contribution in [-0.2, 0) is 6.42 Å². The van der Waals surface area contributed by atoms with Crippen molar-refractivity contribution in [2.45, 2.75) is 46.1 Å². The van der Waals surface area contributed by atoms with E-state index in [1.807, 2.05) is 18.2 Å². The Morgan fingerprint density at radius 3 is 2.53 bits per heavy atom. The lowest BCUT2D eigenvalue weighted by Crippen LogP contribution is -2.25. The van der Waals surface area contributed by atoms with E-state index < -0.39 is 0 Å². The Kier molecular flexibility index (Phi) is 5.49. The first-order valence-electron chi connectivity index (χ1n) is 5.92. The Balaban J connectivity index is 2.46. The van der Waals surface area contributed by atoms with Crippen LogP contribution in [0.2, 0.25) is 5.02 Å². The maximum atomic E-state index is 9.94. The first-order chi connectivity index (χ1) is 7.80. The van der Waals surface area contributed by atoms with Gasteiger partial charge < -0.3 is 5.11 Å². The SMILES string of the molecule is CC(C)(C)C(O)CCCc1ccc(Br)cc1Cl. The van der Waals surface area contributed by atoms with Gasteiger partial charge in [0.05, 0.1) is 6.10 Å². The zero-order valence-electron chi connectivity index (χ0n) is 10.6. The predicted octanol–water partition coefficient (Wildman–Crippen LogP) is 4.83. The average Bonchev–Trinajstić information content (AvgIpc) is 2.19. The molecule has 0 aliphatic rings. The van der Waals surface area contributed by atoms with Gasteiger partial charge in [-0.15, -0.1) is 0 Å². The summed E-state index contributed by atoms with van der Waals surface area (Å²) in [4.78, 5) is 0. The van der Waals surface area contributed by atoms with E-state index in [1.165, 1.54) is 0 Å². The molecule has 0 saturated heterocycles. The zero-order valence-corrected chi connectivity index (χ0v) is 13.0. The van der Waals surface area contributed by atoms with Gasteiger partial charge in [-0.1, -0.05) is 54.4 Å². The van der Waals surface area contributed by atoms with Crippen molar-refractivity contribution < 1.29 is 5.11 Å². The van der Waals surface area contributed by atoms with Crippen LogP contribution in [0.5, 0.6) is 0 Å². The van der Waals surface area contributed by atoms with E-state index in [1.54, 1.807) is 0 Å². The second-order valence-corrected chi connectivity index (χ2v) is 6.83. The van der Waals surface area contributed by atoms with Crippen LogP contribution in [0.3, 0.4) is 0 Å². The summed E-state index contributed by atoms with van der Waals surface area (Å²) in [5.41, 5.74) is 1.11. The lowest BCUT2D eigenvalue weighted by atomic mass is 9.86. The maximum absolute atomic E-state index is 9.94. The number of hydrogen-bond donors (Lipinski definition) is 1. The molecule has 1 atom stereocenters. The highest BCUT2D eigenvalue weighted by Gasteiger charge is 2.21. The third-order valence-corrected chi connectivity index (χ3v) is 3.78. The number of aryl methyl sites for hydroxylation is 1. The van der Waals surface area contributed by atoms with Crippen LogP contribution in [0.4, 0.5) is 0 Å². The number of halogens is 2. The number of aliphatic hydroxyl groups excluding tert-OH is 1. The monoisotopic (exact) mass is 318 g/mol. The number of benzene rings is 1. The Labute approximate surface area is 117 Å². The van der Waals surface area contributed by atoms with Crippen molar-refractivity contribution in [3.8, 4) is 0 Å². The summed E-state index contributed by atoms with van der Waals surface area (Å²) in [6, 6.07) is 5.95. The zero-order chi connectivity index (χ0) is 13.1. The molecule has 0 fully saturated rings. The minimum atomic E-state index is -0.253. The Bertz CT molecular complexity index is 371. The highest BCUT2D eigenvalue weighted by Crippen LogP contribution is 2.26. The van der Waals surface area contributed by atoms with Gasteiger partial charge in [0.2, 0.25) is 0 Å². The summed E-state index contributed by atoms with van der Waals surface area (Å²) in [6.07, 6.45) is 2.44. The van der Waals surface area contributed by atoms with Gasteiger partial charge in [0.1, 0.15) is 0 Å². The van der Waals surface area contributed by atoms with Gasteiger partial charge in [0.25, 0.3) is 0 Å². The topological polar surface area (TPSA) is 20.2 Å². The molecule has 1 unspecified atom stereocenters. The number of rotatable bonds is 4. The lowest BCUT2D eigenvalue weighted by molar-refractivity contribution is 0.0540. The van der Waals surface area contributed by atoms with Crippen molar-refractivity contribution in [3.05, 3.63) is 33.3 Å². The molecule has 96 valence electrons. The van der Waals surface area contributed by atoms with Crippen molar-refractivity contribution in [1.29, 1.82) is 0 Å². The fourth-order valence-corrected chi connectivity index (χ4v) is 2.41. The standard InChI is InChI=1S/C14H20BrClO/c1-14(2,3)13(17)6-4-5-10-7-8-11(15)9-12(10)16/h7-9,13,17H,4-6H2,1-3H3. The number of aliphatic hydroxyl groups is 1. The molecule has 0 radical (unpaired) electrons. The van der Waals surface area contributed by atoms with Gasteiger partial charge in [0.15, 0.2) is 0 Å². The summed E-state index contributed by atoms with van der Waals surface area (Å²) in [6.45, 7) is 6.18. The van der Waals surface area contributed by atoms with Crippen molar-refractivity contribution in [2.75, 3.05) is 0 Å². The van der Waals surface area contributed by atoms with Gasteiger partial charge in [0, 0.05) is 9.50 Å². The molecule has 1 nitrogen and oxygen atoms in total. The van der Waals surface area contributed by atoms with Crippen molar-refractivity contribution >= 4 is 27.5 Å². The van der Waals surface area contributed by atoms with Crippen LogP contribution < -0.4 is 0 Å². The van der Waals surface area contributed by atoms with E-state index in [9.17, 15) is 5.11 Å². The molecule has 3 heteroatoms. The molecule has 0 aliphatic carbocycles. The van der Waals surface area contributed by atoms with Crippen LogP contribution in [0.1, 0.15) is 39.2 Å². The highest BCUT2D eigenvalue weighted by molar-refractivity contribution is 9.10. The van der Waals surface area contributed by atoms with Crippen molar-refractivity contribution in [1.82, 2.24) is 0 Å². The summed E-state index contributed by atoms with van der Waals surface area (Å²) in [5, 5.41) is 10.7. The summed E-state index contributed by atoms with van der Waals surface area (Å²) in [7, 11) is 0. The fraction of sp³-hybridized carbons (Fsp3) is 0.571. The smallest absolute Gasteiger partial charge is 0.0588 e. The summed E-state index contributed by atoms with van der Waals surface area (Å²) in [5.74, 6) is 0. The van der Waals surface area contributed by atoms with E-state index in [2.05, 4.69) is 36.7 Å². The molecule has 0 aromatic heterocycles. The van der Waals surface area contributed by atoms with E-state index >= 15 is 0 Å². The molecule has 0 aliphatic heterocycles. The molecule has 1 aromatic carbocycles. The van der Waals surface area contributed by atoms with Crippen molar-refractivity contribution in [3.63, 3.8) is 0 Å². The van der Waals surface area contributed by atoms with E-state index in [-0.39, 0.29) is 11.5 Å². The summed E-state index contributed by atoms with van der Waals surface area (Å²) >= 11 is 9.53. The summed E-state index contributed by atoms with van der Waals surface area (Å²) < 4.78 is 1.00. The second kappa shape index (κ2) is 6.21. The molecular weight excluding hydrogens is 300 g/mol. The fourth-order valence-electron chi connectivity index (χ4n) is 1.64. The largest absolute Gasteiger partial charge is 0.393 e. The van der Waals surface area contributed by atoms with Crippen LogP contribution in [-0.4, -0.2) is 11.2 Å². The maximum Gasteiger partial charge on any atom is 0.0588 e. The second-order valence-electron chi connectivity index (χ2n) is 5.51. The molecule has 0 saturated carbocycles. The molecule has 1 N–H and O–H groups in total. The van der Waals surface area contributed by atoms with Gasteiger partial charge in [-0.2, -0.15) is 0 Å². The van der Waals surface area contributed by atoms with Crippen LogP contribution in [0, 0.1) is 5.41 Å². The van der Waals surface area contributed by atoms with E-state index in [0.29, 0.717) is 0 Å². The predicted molar refractivity (Wildman–Crippen MR) is 77.6 cm³/mol. The molecule has 0 heterocycles. The Hall–Kier alpha value is -0.0500. The molecular formula is C14H20BrClO. The molecule has 1 rings (SSSR count). The normalized spacial score (nSPS) is 13.8. The lowest BCUT2D eigenvalue weighted by Gasteiger charge is -2.25. The number of hydrogen-bond acceptors (Lipinski definition) is 1. The molecule has 1 aromatic rings. The van der Waals surface area contributed by atoms with Gasteiger partial charge in [-0.05, 0) is 42.4 Å². The van der Waals surface area contributed by atoms with Crippen LogP contribution >= 0.6 is 27.5 Å². The van der Waals surface area contributed by atoms with Crippen LogP contribution in [0.25, 0.3) is 0 Å². The quantitative estimate of drug-likeness (QED) is 0.842. The van der Waals surface area contributed by atoms with Crippen LogP contribution in [0.15, 0.2) is 22.7 Å². The first kappa shape index (κ1) is 15.0. The van der Waals surface area contributed by atoms with Gasteiger partial charge in [-0.3, -0.25) is 0 Å². The first-order valence-corrected chi connectivity index (χ1v) is 7.10. The van der Waals surface area contributed by atoms with Gasteiger partial charge >= 0.3 is 0 Å². The van der Waals surface area contributed by atoms with E-state index in [4.69, 9.17) is 11.6 Å².